The van der Waals surface area contributed by atoms with Crippen LogP contribution in [-0.2, 0) is 12.0 Å². The van der Waals surface area contributed by atoms with Gasteiger partial charge in [-0.25, -0.2) is 4.98 Å². The molecule has 7 nitrogen and oxygen atoms in total. The molecule has 2 aliphatic rings. The number of nitrogens with one attached hydrogen (secondary N) is 1. The van der Waals surface area contributed by atoms with Crippen LogP contribution in [0.2, 0.25) is 0 Å². The van der Waals surface area contributed by atoms with E-state index in [1.54, 1.807) is 0 Å². The number of carbonyl (C=O) groups is 2. The highest BCUT2D eigenvalue weighted by Crippen LogP contribution is 2.44. The molecule has 5 rings (SSSR count). The molecule has 3 aromatic rings. The number of piperidine rings is 1. The van der Waals surface area contributed by atoms with Crippen LogP contribution in [0.5, 0.6) is 0 Å². The fourth-order valence-corrected chi connectivity index (χ4v) is 5.20. The summed E-state index contributed by atoms with van der Waals surface area (Å²) in [6.45, 7) is 9.48. The molecular weight excluding hydrogens is 390 g/mol. The van der Waals surface area contributed by atoms with Crippen LogP contribution in [-0.4, -0.2) is 49.4 Å². The lowest BCUT2D eigenvalue weighted by molar-refractivity contribution is 0.0515. The highest BCUT2D eigenvalue weighted by molar-refractivity contribution is 5.98. The first kappa shape index (κ1) is 20.0. The van der Waals surface area contributed by atoms with Gasteiger partial charge in [0.15, 0.2) is 5.78 Å². The number of H-pyrrole nitrogens is 1. The molecule has 1 amide bonds. The molecule has 1 fully saturated rings. The van der Waals surface area contributed by atoms with Gasteiger partial charge in [-0.2, -0.15) is 5.10 Å². The second-order valence-electron chi connectivity index (χ2n) is 10.2. The molecule has 3 heterocycles. The monoisotopic (exact) mass is 419 g/mol. The minimum atomic E-state index is -0.210. The van der Waals surface area contributed by atoms with Gasteiger partial charge in [-0.05, 0) is 70.6 Å². The fraction of sp³-hybridized carbons (Fsp3) is 0.500. The molecule has 2 aromatic heterocycles. The standard InChI is InChI=1S/C24H29N5O2/c1-15-26-18-6-5-16(11-19(18)27-15)22(31)28-9-7-24(8-10-28)12-17-14-25-29(23(2,3)4)21(17)20(30)13-24/h5-6,11,14H,7-10,12-13H2,1-4H3,(H,26,27). The van der Waals surface area contributed by atoms with Gasteiger partial charge in [-0.1, -0.05) is 0 Å². The molecule has 31 heavy (non-hydrogen) atoms. The largest absolute Gasteiger partial charge is 0.342 e. The molecule has 1 aliphatic heterocycles. The predicted molar refractivity (Wildman–Crippen MR) is 118 cm³/mol. The van der Waals surface area contributed by atoms with Crippen LogP contribution in [0.3, 0.4) is 0 Å². The van der Waals surface area contributed by atoms with E-state index in [1.807, 2.05) is 40.9 Å². The third kappa shape index (κ3) is 3.36. The van der Waals surface area contributed by atoms with Gasteiger partial charge in [-0.15, -0.1) is 0 Å². The van der Waals surface area contributed by atoms with E-state index in [1.165, 1.54) is 0 Å². The number of ketones is 1. The number of amides is 1. The molecule has 1 aromatic carbocycles. The first-order valence-corrected chi connectivity index (χ1v) is 11.0. The number of Topliss-reactive ketones (excluding diaryl/α,β-unsaturated/α-hetero) is 1. The number of nitrogens with zero attached hydrogens (tertiary/aromatic N) is 4. The minimum Gasteiger partial charge on any atom is -0.342 e. The Bertz CT molecular complexity index is 1190. The van der Waals surface area contributed by atoms with Crippen molar-refractivity contribution in [3.63, 3.8) is 0 Å². The van der Waals surface area contributed by atoms with Gasteiger partial charge >= 0.3 is 0 Å². The first-order valence-electron chi connectivity index (χ1n) is 11.0. The Morgan fingerprint density at radius 1 is 1.16 bits per heavy atom. The summed E-state index contributed by atoms with van der Waals surface area (Å²) in [5, 5.41) is 4.53. The van der Waals surface area contributed by atoms with Crippen molar-refractivity contribution >= 4 is 22.7 Å². The van der Waals surface area contributed by atoms with Crippen LogP contribution < -0.4 is 0 Å². The molecule has 1 saturated heterocycles. The van der Waals surface area contributed by atoms with Crippen molar-refractivity contribution in [2.75, 3.05) is 13.1 Å². The zero-order valence-corrected chi connectivity index (χ0v) is 18.7. The van der Waals surface area contributed by atoms with Crippen molar-refractivity contribution in [2.45, 2.75) is 58.9 Å². The van der Waals surface area contributed by atoms with E-state index in [-0.39, 0.29) is 22.6 Å². The van der Waals surface area contributed by atoms with Gasteiger partial charge < -0.3 is 9.88 Å². The van der Waals surface area contributed by atoms with Crippen LogP contribution in [0.15, 0.2) is 24.4 Å². The molecule has 1 spiro atoms. The number of carbonyl (C=O) groups excluding carboxylic acids is 2. The van der Waals surface area contributed by atoms with Gasteiger partial charge in [0.05, 0.1) is 22.8 Å². The zero-order valence-electron chi connectivity index (χ0n) is 18.7. The summed E-state index contributed by atoms with van der Waals surface area (Å²) in [5.41, 5.74) is 4.01. The number of benzene rings is 1. The average molecular weight is 420 g/mol. The van der Waals surface area contributed by atoms with Crippen LogP contribution >= 0.6 is 0 Å². The van der Waals surface area contributed by atoms with Crippen molar-refractivity contribution < 1.29 is 9.59 Å². The van der Waals surface area contributed by atoms with Crippen molar-refractivity contribution in [2.24, 2.45) is 5.41 Å². The van der Waals surface area contributed by atoms with Crippen LogP contribution in [0, 0.1) is 12.3 Å². The second kappa shape index (κ2) is 6.77. The molecule has 7 heteroatoms. The number of aromatic nitrogens is 4. The number of imidazole rings is 1. The summed E-state index contributed by atoms with van der Waals surface area (Å²) in [7, 11) is 0. The second-order valence-corrected chi connectivity index (χ2v) is 10.2. The van der Waals surface area contributed by atoms with Gasteiger partial charge in [0.25, 0.3) is 5.91 Å². The van der Waals surface area contributed by atoms with Crippen molar-refractivity contribution in [1.82, 2.24) is 24.6 Å². The Labute approximate surface area is 181 Å². The maximum atomic E-state index is 13.1. The molecule has 0 unspecified atom stereocenters. The number of likely N-dealkylation sites (tertiary alicyclic amines) is 1. The lowest BCUT2D eigenvalue weighted by Gasteiger charge is -2.43. The summed E-state index contributed by atoms with van der Waals surface area (Å²) in [6, 6.07) is 5.64. The third-order valence-corrected chi connectivity index (χ3v) is 6.80. The van der Waals surface area contributed by atoms with E-state index < -0.39 is 0 Å². The maximum absolute atomic E-state index is 13.1. The summed E-state index contributed by atoms with van der Waals surface area (Å²) < 4.78 is 1.88. The minimum absolute atomic E-state index is 0.0485. The molecule has 0 atom stereocenters. The van der Waals surface area contributed by atoms with Gasteiger partial charge in [0.1, 0.15) is 11.5 Å². The number of fused-ring (bicyclic) bond motifs is 2. The van der Waals surface area contributed by atoms with Gasteiger partial charge in [-0.3, -0.25) is 14.3 Å². The van der Waals surface area contributed by atoms with Crippen LogP contribution in [0.25, 0.3) is 11.0 Å². The number of aromatic amines is 1. The zero-order chi connectivity index (χ0) is 22.0. The summed E-state index contributed by atoms with van der Waals surface area (Å²) >= 11 is 0. The van der Waals surface area contributed by atoms with E-state index >= 15 is 0 Å². The quantitative estimate of drug-likeness (QED) is 0.649. The molecule has 0 radical (unpaired) electrons. The maximum Gasteiger partial charge on any atom is 0.253 e. The Kier molecular flexibility index (Phi) is 4.36. The molecule has 0 saturated carbocycles. The smallest absolute Gasteiger partial charge is 0.253 e. The first-order chi connectivity index (χ1) is 14.7. The van der Waals surface area contributed by atoms with Gasteiger partial charge in [0.2, 0.25) is 0 Å². The Hall–Kier alpha value is -2.96. The number of aryl methyl sites for hydroxylation is 1. The van der Waals surface area contributed by atoms with Gasteiger partial charge in [0, 0.05) is 30.6 Å². The Balaban J connectivity index is 1.32. The van der Waals surface area contributed by atoms with E-state index in [4.69, 9.17) is 0 Å². The van der Waals surface area contributed by atoms with E-state index in [0.29, 0.717) is 25.1 Å². The molecular formula is C24H29N5O2. The lowest BCUT2D eigenvalue weighted by atomic mass is 9.67. The SMILES string of the molecule is Cc1nc2ccc(C(=O)N3CCC4(CC3)CC(=O)c3c(cnn3C(C)(C)C)C4)cc2[nH]1. The van der Waals surface area contributed by atoms with Crippen molar-refractivity contribution in [3.05, 3.63) is 47.0 Å². The Morgan fingerprint density at radius 2 is 1.90 bits per heavy atom. The highest BCUT2D eigenvalue weighted by Gasteiger charge is 2.44. The summed E-state index contributed by atoms with van der Waals surface area (Å²) in [6.07, 6.45) is 4.97. The average Bonchev–Trinajstić information content (AvgIpc) is 3.30. The van der Waals surface area contributed by atoms with Crippen LogP contribution in [0.4, 0.5) is 0 Å². The highest BCUT2D eigenvalue weighted by atomic mass is 16.2. The number of hydrogen-bond acceptors (Lipinski definition) is 4. The van der Waals surface area contributed by atoms with Crippen molar-refractivity contribution in [1.29, 1.82) is 0 Å². The lowest BCUT2D eigenvalue weighted by Crippen LogP contribution is -2.46. The van der Waals surface area contributed by atoms with Crippen LogP contribution in [0.1, 0.15) is 72.3 Å². The molecule has 1 N–H and O–H groups in total. The summed E-state index contributed by atoms with van der Waals surface area (Å²) in [5.74, 6) is 1.08. The van der Waals surface area contributed by atoms with E-state index in [2.05, 4.69) is 35.8 Å². The molecule has 0 bridgehead atoms. The Morgan fingerprint density at radius 3 is 2.61 bits per heavy atom. The molecule has 162 valence electrons. The summed E-state index contributed by atoms with van der Waals surface area (Å²) in [4.78, 5) is 35.7. The number of rotatable bonds is 1. The predicted octanol–water partition coefficient (Wildman–Crippen LogP) is 3.87. The van der Waals surface area contributed by atoms with E-state index in [0.717, 1.165) is 47.4 Å². The fourth-order valence-electron chi connectivity index (χ4n) is 5.20. The van der Waals surface area contributed by atoms with E-state index in [9.17, 15) is 9.59 Å². The van der Waals surface area contributed by atoms with Crippen molar-refractivity contribution in [3.8, 4) is 0 Å². The molecule has 1 aliphatic carbocycles. The topological polar surface area (TPSA) is 83.9 Å². The number of hydrogen-bond donors (Lipinski definition) is 1. The third-order valence-electron chi connectivity index (χ3n) is 6.80. The normalized spacial score (nSPS) is 18.6.